The maximum Gasteiger partial charge on any atom is 0.319 e. The van der Waals surface area contributed by atoms with E-state index in [4.69, 9.17) is 4.74 Å². The lowest BCUT2D eigenvalue weighted by Gasteiger charge is -2.32. The van der Waals surface area contributed by atoms with Gasteiger partial charge >= 0.3 is 6.03 Å². The first-order valence-corrected chi connectivity index (χ1v) is 8.36. The summed E-state index contributed by atoms with van der Waals surface area (Å²) >= 11 is 0. The normalized spacial score (nSPS) is 20.4. The lowest BCUT2D eigenvalue weighted by Crippen LogP contribution is -2.37. The van der Waals surface area contributed by atoms with Crippen molar-refractivity contribution in [2.75, 3.05) is 18.5 Å². The van der Waals surface area contributed by atoms with Crippen molar-refractivity contribution in [3.63, 3.8) is 0 Å². The van der Waals surface area contributed by atoms with Crippen LogP contribution >= 0.6 is 0 Å². The van der Waals surface area contributed by atoms with E-state index in [9.17, 15) is 4.79 Å². The van der Waals surface area contributed by atoms with Gasteiger partial charge < -0.3 is 15.4 Å². The number of urea groups is 1. The predicted octanol–water partition coefficient (Wildman–Crippen LogP) is 3.68. The molecule has 0 bridgehead atoms. The van der Waals surface area contributed by atoms with Crippen molar-refractivity contribution in [3.8, 4) is 0 Å². The van der Waals surface area contributed by atoms with E-state index in [1.165, 1.54) is 5.56 Å². The predicted molar refractivity (Wildman–Crippen MR) is 93.9 cm³/mol. The van der Waals surface area contributed by atoms with Crippen LogP contribution in [0.25, 0.3) is 0 Å². The minimum atomic E-state index is -0.196. The van der Waals surface area contributed by atoms with E-state index in [2.05, 4.69) is 27.8 Å². The number of pyridine rings is 1. The summed E-state index contributed by atoms with van der Waals surface area (Å²) < 4.78 is 5.96. The highest BCUT2D eigenvalue weighted by molar-refractivity contribution is 5.89. The van der Waals surface area contributed by atoms with Gasteiger partial charge in [-0.3, -0.25) is 4.98 Å². The Hall–Kier alpha value is -2.40. The zero-order chi connectivity index (χ0) is 16.8. The lowest BCUT2D eigenvalue weighted by atomic mass is 9.89. The van der Waals surface area contributed by atoms with Gasteiger partial charge in [0, 0.05) is 36.6 Å². The molecule has 0 unspecified atom stereocenters. The molecule has 5 heteroatoms. The zero-order valence-corrected chi connectivity index (χ0v) is 13.9. The molecule has 0 radical (unpaired) electrons. The molecule has 0 saturated carbocycles. The molecule has 1 aliphatic rings. The van der Waals surface area contributed by atoms with Gasteiger partial charge in [0.25, 0.3) is 0 Å². The minimum Gasteiger partial charge on any atom is -0.373 e. The standard InChI is InChI=1S/C19H23N3O2/c1-14-12-17(9-10-20-14)22-19(23)21-13-16-8-5-11-24-18(16)15-6-3-2-4-7-15/h2-4,6-7,9-10,12,16,18H,5,8,11,13H2,1H3,(H2,20,21,22,23)/t16-,18+/m0/s1. The molecule has 2 N–H and O–H groups in total. The second-order valence-electron chi connectivity index (χ2n) is 6.13. The Morgan fingerprint density at radius 2 is 2.12 bits per heavy atom. The molecule has 24 heavy (non-hydrogen) atoms. The van der Waals surface area contributed by atoms with Crippen LogP contribution in [0.15, 0.2) is 48.7 Å². The summed E-state index contributed by atoms with van der Waals surface area (Å²) in [6.07, 6.45) is 3.81. The summed E-state index contributed by atoms with van der Waals surface area (Å²) in [4.78, 5) is 16.2. The van der Waals surface area contributed by atoms with Gasteiger partial charge in [-0.05, 0) is 37.5 Å². The van der Waals surface area contributed by atoms with Crippen LogP contribution in [0.1, 0.15) is 30.2 Å². The van der Waals surface area contributed by atoms with Gasteiger partial charge in [0.2, 0.25) is 0 Å². The Bertz CT molecular complexity index is 675. The number of anilines is 1. The van der Waals surface area contributed by atoms with Crippen molar-refractivity contribution in [2.24, 2.45) is 5.92 Å². The molecule has 2 heterocycles. The molecule has 1 saturated heterocycles. The van der Waals surface area contributed by atoms with Crippen molar-refractivity contribution in [2.45, 2.75) is 25.9 Å². The molecule has 1 aromatic carbocycles. The van der Waals surface area contributed by atoms with Crippen LogP contribution in [0.4, 0.5) is 10.5 Å². The highest BCUT2D eigenvalue weighted by atomic mass is 16.5. The van der Waals surface area contributed by atoms with Gasteiger partial charge in [-0.15, -0.1) is 0 Å². The van der Waals surface area contributed by atoms with Gasteiger partial charge in [0.05, 0.1) is 6.10 Å². The van der Waals surface area contributed by atoms with Crippen molar-refractivity contribution >= 4 is 11.7 Å². The van der Waals surface area contributed by atoms with E-state index in [0.29, 0.717) is 6.54 Å². The first-order chi connectivity index (χ1) is 11.7. The van der Waals surface area contributed by atoms with Crippen LogP contribution in [0, 0.1) is 12.8 Å². The topological polar surface area (TPSA) is 63.2 Å². The van der Waals surface area contributed by atoms with E-state index in [0.717, 1.165) is 30.8 Å². The largest absolute Gasteiger partial charge is 0.373 e. The maximum atomic E-state index is 12.1. The summed E-state index contributed by atoms with van der Waals surface area (Å²) in [7, 11) is 0. The second kappa shape index (κ2) is 7.93. The number of amides is 2. The molecule has 2 atom stereocenters. The number of nitrogens with zero attached hydrogens (tertiary/aromatic N) is 1. The summed E-state index contributed by atoms with van der Waals surface area (Å²) in [5, 5.41) is 5.82. The summed E-state index contributed by atoms with van der Waals surface area (Å²) in [6.45, 7) is 3.26. The van der Waals surface area contributed by atoms with E-state index >= 15 is 0 Å². The molecule has 2 amide bonds. The number of hydrogen-bond donors (Lipinski definition) is 2. The highest BCUT2D eigenvalue weighted by Crippen LogP contribution is 2.33. The summed E-state index contributed by atoms with van der Waals surface area (Å²) in [5.41, 5.74) is 2.80. The van der Waals surface area contributed by atoms with Gasteiger partial charge in [-0.25, -0.2) is 4.79 Å². The maximum absolute atomic E-state index is 12.1. The van der Waals surface area contributed by atoms with Crippen molar-refractivity contribution < 1.29 is 9.53 Å². The molecule has 1 aromatic heterocycles. The quantitative estimate of drug-likeness (QED) is 0.901. The van der Waals surface area contributed by atoms with Crippen LogP contribution in [-0.4, -0.2) is 24.2 Å². The molecule has 1 fully saturated rings. The van der Waals surface area contributed by atoms with Crippen molar-refractivity contribution in [1.29, 1.82) is 0 Å². The number of rotatable bonds is 4. The second-order valence-corrected chi connectivity index (χ2v) is 6.13. The molecular formula is C19H23N3O2. The number of nitrogens with one attached hydrogen (secondary N) is 2. The fraction of sp³-hybridized carbons (Fsp3) is 0.368. The van der Waals surface area contributed by atoms with E-state index in [1.807, 2.05) is 31.2 Å². The number of carbonyl (C=O) groups excluding carboxylic acids is 1. The number of aromatic nitrogens is 1. The third-order valence-corrected chi connectivity index (χ3v) is 4.25. The van der Waals surface area contributed by atoms with Gasteiger partial charge in [0.15, 0.2) is 0 Å². The van der Waals surface area contributed by atoms with E-state index < -0.39 is 0 Å². The smallest absolute Gasteiger partial charge is 0.319 e. The lowest BCUT2D eigenvalue weighted by molar-refractivity contribution is -0.0268. The fourth-order valence-corrected chi connectivity index (χ4v) is 3.09. The van der Waals surface area contributed by atoms with Gasteiger partial charge in [-0.1, -0.05) is 30.3 Å². The SMILES string of the molecule is Cc1cc(NC(=O)NC[C@@H]2CCCO[C@@H]2c2ccccc2)ccn1. The van der Waals surface area contributed by atoms with Crippen molar-refractivity contribution in [1.82, 2.24) is 10.3 Å². The molecule has 1 aliphatic heterocycles. The Balaban J connectivity index is 1.57. The molecule has 2 aromatic rings. The van der Waals surface area contributed by atoms with Gasteiger partial charge in [0.1, 0.15) is 0 Å². The third-order valence-electron chi connectivity index (χ3n) is 4.25. The van der Waals surface area contributed by atoms with Gasteiger partial charge in [-0.2, -0.15) is 0 Å². The molecule has 0 aliphatic carbocycles. The van der Waals surface area contributed by atoms with Crippen LogP contribution in [0.5, 0.6) is 0 Å². The third kappa shape index (κ3) is 4.32. The number of carbonyl (C=O) groups is 1. The monoisotopic (exact) mass is 325 g/mol. The number of ether oxygens (including phenoxy) is 1. The van der Waals surface area contributed by atoms with Crippen LogP contribution in [0.2, 0.25) is 0 Å². The number of benzene rings is 1. The number of hydrogen-bond acceptors (Lipinski definition) is 3. The molecule has 126 valence electrons. The zero-order valence-electron chi connectivity index (χ0n) is 13.9. The Morgan fingerprint density at radius 3 is 2.92 bits per heavy atom. The van der Waals surface area contributed by atoms with Crippen molar-refractivity contribution in [3.05, 3.63) is 59.9 Å². The Labute approximate surface area is 142 Å². The summed E-state index contributed by atoms with van der Waals surface area (Å²) in [6, 6.07) is 13.7. The Kier molecular flexibility index (Phi) is 5.43. The van der Waals surface area contributed by atoms with Crippen LogP contribution < -0.4 is 10.6 Å². The minimum absolute atomic E-state index is 0.0448. The molecular weight excluding hydrogens is 302 g/mol. The summed E-state index contributed by atoms with van der Waals surface area (Å²) in [5.74, 6) is 0.283. The Morgan fingerprint density at radius 1 is 1.29 bits per heavy atom. The first-order valence-electron chi connectivity index (χ1n) is 8.36. The van der Waals surface area contributed by atoms with Crippen LogP contribution in [-0.2, 0) is 4.74 Å². The molecule has 0 spiro atoms. The average molecular weight is 325 g/mol. The van der Waals surface area contributed by atoms with Crippen LogP contribution in [0.3, 0.4) is 0 Å². The number of aryl methyl sites for hydroxylation is 1. The highest BCUT2D eigenvalue weighted by Gasteiger charge is 2.27. The molecule has 5 nitrogen and oxygen atoms in total. The van der Waals surface area contributed by atoms with E-state index in [-0.39, 0.29) is 18.1 Å². The fourth-order valence-electron chi connectivity index (χ4n) is 3.09. The average Bonchev–Trinajstić information content (AvgIpc) is 2.61. The first kappa shape index (κ1) is 16.5. The van der Waals surface area contributed by atoms with E-state index in [1.54, 1.807) is 12.3 Å². The molecule has 3 rings (SSSR count).